The van der Waals surface area contributed by atoms with Crippen molar-refractivity contribution in [1.82, 2.24) is 20.4 Å². The van der Waals surface area contributed by atoms with Gasteiger partial charge in [-0.2, -0.15) is 0 Å². The molecule has 7 nitrogen and oxygen atoms in total. The van der Waals surface area contributed by atoms with Crippen LogP contribution in [0.3, 0.4) is 0 Å². The maximum absolute atomic E-state index is 12.5. The van der Waals surface area contributed by atoms with Gasteiger partial charge in [-0.15, -0.1) is 20.4 Å². The third-order valence-electron chi connectivity index (χ3n) is 3.84. The van der Waals surface area contributed by atoms with Crippen molar-refractivity contribution in [2.24, 2.45) is 0 Å². The van der Waals surface area contributed by atoms with Crippen LogP contribution in [0.2, 0.25) is 0 Å². The number of rotatable bonds is 4. The summed E-state index contributed by atoms with van der Waals surface area (Å²) in [5, 5.41) is 15.4. The van der Waals surface area contributed by atoms with Gasteiger partial charge in [-0.25, -0.2) is 0 Å². The number of carbonyl (C=O) groups is 1. The van der Waals surface area contributed by atoms with E-state index in [2.05, 4.69) is 20.4 Å². The van der Waals surface area contributed by atoms with Crippen molar-refractivity contribution in [3.8, 4) is 22.9 Å². The van der Waals surface area contributed by atoms with Gasteiger partial charge in [0.15, 0.2) is 0 Å². The second kappa shape index (κ2) is 6.36. The lowest BCUT2D eigenvalue weighted by Gasteiger charge is -1.95. The molecule has 0 amide bonds. The normalized spacial score (nSPS) is 10.8. The van der Waals surface area contributed by atoms with Crippen LogP contribution in [0.5, 0.6) is 0 Å². The fourth-order valence-electron chi connectivity index (χ4n) is 2.35. The molecule has 0 radical (unpaired) electrons. The van der Waals surface area contributed by atoms with E-state index >= 15 is 0 Å². The predicted octanol–water partition coefficient (Wildman–Crippen LogP) is 3.63. The summed E-state index contributed by atoms with van der Waals surface area (Å²) in [5.41, 5.74) is 3.68. The largest absolute Gasteiger partial charge is 0.413 e. The van der Waals surface area contributed by atoms with E-state index in [4.69, 9.17) is 8.83 Å². The first-order valence-corrected chi connectivity index (χ1v) is 7.96. The van der Waals surface area contributed by atoms with E-state index in [1.165, 1.54) is 0 Å². The lowest BCUT2D eigenvalue weighted by atomic mass is 10.1. The molecule has 2 aromatic carbocycles. The van der Waals surface area contributed by atoms with E-state index in [0.29, 0.717) is 0 Å². The summed E-state index contributed by atoms with van der Waals surface area (Å²) < 4.78 is 10.9. The molecule has 0 saturated heterocycles. The molecule has 0 aliphatic carbocycles. The fourth-order valence-corrected chi connectivity index (χ4v) is 2.35. The molecule has 7 heteroatoms. The topological polar surface area (TPSA) is 94.9 Å². The van der Waals surface area contributed by atoms with Gasteiger partial charge in [-0.05, 0) is 38.1 Å². The Labute approximate surface area is 148 Å². The highest BCUT2D eigenvalue weighted by molar-refractivity contribution is 6.02. The standard InChI is InChI=1S/C19H14N4O3/c1-11-3-7-13(8-4-11)16-20-22-18(25-16)15(24)19-23-21-17(26-19)14-9-5-12(2)6-10-14/h3-10H,1-2H3. The van der Waals surface area contributed by atoms with Crippen molar-refractivity contribution in [2.45, 2.75) is 13.8 Å². The van der Waals surface area contributed by atoms with Crippen LogP contribution in [0.25, 0.3) is 22.9 Å². The summed E-state index contributed by atoms with van der Waals surface area (Å²) in [4.78, 5) is 12.5. The molecule has 2 aromatic heterocycles. The molecule has 0 aliphatic heterocycles. The minimum absolute atomic E-state index is 0.195. The van der Waals surface area contributed by atoms with E-state index in [1.807, 2.05) is 62.4 Å². The Morgan fingerprint density at radius 1 is 0.654 bits per heavy atom. The van der Waals surface area contributed by atoms with Gasteiger partial charge in [-0.1, -0.05) is 35.4 Å². The third-order valence-corrected chi connectivity index (χ3v) is 3.84. The van der Waals surface area contributed by atoms with Crippen LogP contribution in [-0.2, 0) is 0 Å². The predicted molar refractivity (Wildman–Crippen MR) is 92.4 cm³/mol. The number of aryl methyl sites for hydroxylation is 2. The summed E-state index contributed by atoms with van der Waals surface area (Å²) in [6.45, 7) is 3.96. The molecule has 128 valence electrons. The first kappa shape index (κ1) is 15.9. The van der Waals surface area contributed by atoms with Gasteiger partial charge in [0.25, 0.3) is 11.8 Å². The SMILES string of the molecule is Cc1ccc(-c2nnc(C(=O)c3nnc(-c4ccc(C)cc4)o3)o2)cc1. The maximum Gasteiger partial charge on any atom is 0.306 e. The summed E-state index contributed by atoms with van der Waals surface area (Å²) in [5.74, 6) is -0.487. The average molecular weight is 346 g/mol. The average Bonchev–Trinajstić information content (AvgIpc) is 3.32. The van der Waals surface area contributed by atoms with E-state index in [0.717, 1.165) is 22.3 Å². The quantitative estimate of drug-likeness (QED) is 0.521. The number of carbonyl (C=O) groups excluding carboxylic acids is 1. The highest BCUT2D eigenvalue weighted by Crippen LogP contribution is 2.21. The summed E-state index contributed by atoms with van der Waals surface area (Å²) in [6.07, 6.45) is 0. The zero-order valence-electron chi connectivity index (χ0n) is 14.1. The molecular weight excluding hydrogens is 332 g/mol. The third kappa shape index (κ3) is 3.02. The van der Waals surface area contributed by atoms with E-state index in [9.17, 15) is 4.79 Å². The smallest absolute Gasteiger partial charge is 0.306 e. The molecular formula is C19H14N4O3. The van der Waals surface area contributed by atoms with Crippen LogP contribution in [-0.4, -0.2) is 26.2 Å². The van der Waals surface area contributed by atoms with Crippen molar-refractivity contribution >= 4 is 5.78 Å². The Balaban J connectivity index is 1.58. The molecule has 0 atom stereocenters. The highest BCUT2D eigenvalue weighted by atomic mass is 16.4. The fraction of sp³-hybridized carbons (Fsp3) is 0.105. The van der Waals surface area contributed by atoms with Gasteiger partial charge in [0, 0.05) is 11.1 Å². The van der Waals surface area contributed by atoms with Gasteiger partial charge in [0.1, 0.15) is 0 Å². The van der Waals surface area contributed by atoms with Crippen molar-refractivity contribution in [3.05, 3.63) is 71.4 Å². The Morgan fingerprint density at radius 2 is 1.04 bits per heavy atom. The number of nitrogens with zero attached hydrogens (tertiary/aromatic N) is 4. The molecule has 0 aliphatic rings. The summed E-state index contributed by atoms with van der Waals surface area (Å²) in [6, 6.07) is 15.1. The molecule has 0 saturated carbocycles. The highest BCUT2D eigenvalue weighted by Gasteiger charge is 2.24. The van der Waals surface area contributed by atoms with Gasteiger partial charge in [-0.3, -0.25) is 4.79 Å². The second-order valence-electron chi connectivity index (χ2n) is 5.89. The van der Waals surface area contributed by atoms with Gasteiger partial charge in [0.2, 0.25) is 11.8 Å². The lowest BCUT2D eigenvalue weighted by Crippen LogP contribution is -2.02. The Kier molecular flexibility index (Phi) is 3.89. The number of ketones is 1. The number of benzene rings is 2. The molecule has 0 spiro atoms. The molecule has 0 bridgehead atoms. The second-order valence-corrected chi connectivity index (χ2v) is 5.89. The monoisotopic (exact) mass is 346 g/mol. The van der Waals surface area contributed by atoms with Crippen LogP contribution in [0.15, 0.2) is 57.4 Å². The first-order valence-electron chi connectivity index (χ1n) is 7.96. The van der Waals surface area contributed by atoms with Crippen LogP contribution >= 0.6 is 0 Å². The van der Waals surface area contributed by atoms with E-state index in [-0.39, 0.29) is 23.6 Å². The zero-order chi connectivity index (χ0) is 18.1. The number of hydrogen-bond acceptors (Lipinski definition) is 7. The minimum Gasteiger partial charge on any atom is -0.413 e. The lowest BCUT2D eigenvalue weighted by molar-refractivity contribution is 0.0971. The molecule has 0 unspecified atom stereocenters. The van der Waals surface area contributed by atoms with Crippen LogP contribution < -0.4 is 0 Å². The summed E-state index contributed by atoms with van der Waals surface area (Å²) in [7, 11) is 0. The zero-order valence-corrected chi connectivity index (χ0v) is 14.1. The van der Waals surface area contributed by atoms with Gasteiger partial charge < -0.3 is 8.83 Å². The van der Waals surface area contributed by atoms with Crippen LogP contribution in [0.1, 0.15) is 27.7 Å². The van der Waals surface area contributed by atoms with E-state index in [1.54, 1.807) is 0 Å². The van der Waals surface area contributed by atoms with Gasteiger partial charge >= 0.3 is 5.78 Å². The first-order chi connectivity index (χ1) is 12.6. The van der Waals surface area contributed by atoms with Gasteiger partial charge in [0.05, 0.1) is 0 Å². The minimum atomic E-state index is -0.610. The molecule has 2 heterocycles. The van der Waals surface area contributed by atoms with E-state index < -0.39 is 5.78 Å². The number of aromatic nitrogens is 4. The molecule has 0 N–H and O–H groups in total. The Hall–Kier alpha value is -3.61. The number of hydrogen-bond donors (Lipinski definition) is 0. The Morgan fingerprint density at radius 3 is 1.42 bits per heavy atom. The summed E-state index contributed by atoms with van der Waals surface area (Å²) >= 11 is 0. The molecule has 0 fully saturated rings. The Bertz CT molecular complexity index is 977. The van der Waals surface area contributed by atoms with Crippen molar-refractivity contribution < 1.29 is 13.6 Å². The molecule has 4 aromatic rings. The van der Waals surface area contributed by atoms with Crippen molar-refractivity contribution in [2.75, 3.05) is 0 Å². The van der Waals surface area contributed by atoms with Crippen molar-refractivity contribution in [3.63, 3.8) is 0 Å². The van der Waals surface area contributed by atoms with Crippen LogP contribution in [0, 0.1) is 13.8 Å². The maximum atomic E-state index is 12.5. The van der Waals surface area contributed by atoms with Crippen LogP contribution in [0.4, 0.5) is 0 Å². The molecule has 26 heavy (non-hydrogen) atoms. The van der Waals surface area contributed by atoms with Crippen molar-refractivity contribution in [1.29, 1.82) is 0 Å². The molecule has 4 rings (SSSR count).